The Kier molecular flexibility index (Phi) is 17.2. The molecule has 1 amide bonds. The van der Waals surface area contributed by atoms with E-state index in [1.165, 1.54) is 35.4 Å². The van der Waals surface area contributed by atoms with Crippen LogP contribution in [0, 0.1) is 23.1 Å². The molecule has 0 aromatic heterocycles. The molecule has 0 aliphatic rings. The number of rotatable bonds is 14. The molecule has 11 heteroatoms. The summed E-state index contributed by atoms with van der Waals surface area (Å²) in [6, 6.07) is 19.7. The van der Waals surface area contributed by atoms with Gasteiger partial charge >= 0.3 is 5.97 Å². The number of nitrogens with zero attached hydrogens (tertiary/aromatic N) is 1. The molecule has 272 valence electrons. The van der Waals surface area contributed by atoms with Crippen LogP contribution in [0.2, 0.25) is 0 Å². The molecule has 10 nitrogen and oxygen atoms in total. The van der Waals surface area contributed by atoms with Crippen LogP contribution in [0.5, 0.6) is 0 Å². The molecular weight excluding hydrogens is 643 g/mol. The molecule has 3 aromatic rings. The number of nitrogens with one attached hydrogen (secondary N) is 1. The first-order chi connectivity index (χ1) is 23.6. The molecule has 0 unspecified atom stereocenters. The number of amides is 1. The molecule has 0 saturated heterocycles. The van der Waals surface area contributed by atoms with E-state index in [1.807, 2.05) is 57.2 Å². The number of aromatic carboxylic acids is 1. The maximum absolute atomic E-state index is 14.0. The number of carboxylic acid groups (broad SMARTS) is 1. The zero-order chi connectivity index (χ0) is 37.4. The van der Waals surface area contributed by atoms with Gasteiger partial charge in [-0.05, 0) is 78.9 Å². The van der Waals surface area contributed by atoms with Crippen molar-refractivity contribution >= 4 is 17.6 Å². The Morgan fingerprint density at radius 3 is 1.88 bits per heavy atom. The number of anilines is 1. The summed E-state index contributed by atoms with van der Waals surface area (Å²) < 4.78 is 14.0. The van der Waals surface area contributed by atoms with Crippen molar-refractivity contribution in [2.24, 2.45) is 5.41 Å². The summed E-state index contributed by atoms with van der Waals surface area (Å²) in [4.78, 5) is 26.2. The third-order valence-electron chi connectivity index (χ3n) is 7.63. The number of aryl methyl sites for hydroxylation is 1. The van der Waals surface area contributed by atoms with Gasteiger partial charge < -0.3 is 40.9 Å². The summed E-state index contributed by atoms with van der Waals surface area (Å²) in [7, 11) is 1.57. The second-order valence-corrected chi connectivity index (χ2v) is 13.3. The Bertz CT molecular complexity index is 1560. The minimum absolute atomic E-state index is 0.0936. The molecule has 3 aromatic carbocycles. The van der Waals surface area contributed by atoms with Crippen molar-refractivity contribution in [2.75, 3.05) is 25.1 Å². The first-order valence-electron chi connectivity index (χ1n) is 16.6. The van der Waals surface area contributed by atoms with Crippen LogP contribution in [-0.2, 0) is 17.8 Å². The third kappa shape index (κ3) is 14.0. The molecule has 0 saturated carbocycles. The highest BCUT2D eigenvalue weighted by atomic mass is 19.1. The number of carbonyl (C=O) groups excluding carboxylic acids is 1. The molecule has 0 spiro atoms. The number of aliphatic hydroxyl groups excluding tert-OH is 5. The number of benzene rings is 3. The van der Waals surface area contributed by atoms with Gasteiger partial charge in [0.15, 0.2) is 0 Å². The Balaban J connectivity index is 0.000000565. The lowest BCUT2D eigenvalue weighted by Gasteiger charge is -2.27. The van der Waals surface area contributed by atoms with Crippen LogP contribution >= 0.6 is 0 Å². The highest BCUT2D eigenvalue weighted by Gasteiger charge is 2.29. The number of hydrogen-bond donors (Lipinski definition) is 7. The molecule has 0 aliphatic heterocycles. The Labute approximate surface area is 294 Å². The normalized spacial score (nSPS) is 13.5. The molecule has 0 bridgehead atoms. The number of likely N-dealkylation sites (N-methyl/N-ethyl adjacent to an activating group) is 1. The van der Waals surface area contributed by atoms with Crippen LogP contribution in [-0.4, -0.2) is 87.1 Å². The second-order valence-electron chi connectivity index (χ2n) is 13.3. The van der Waals surface area contributed by atoms with E-state index in [0.717, 1.165) is 29.2 Å². The van der Waals surface area contributed by atoms with Gasteiger partial charge in [0.25, 0.3) is 0 Å². The maximum atomic E-state index is 14.0. The number of halogens is 1. The van der Waals surface area contributed by atoms with Crippen LogP contribution in [0.15, 0.2) is 66.7 Å². The van der Waals surface area contributed by atoms with Gasteiger partial charge in [-0.1, -0.05) is 70.2 Å². The standard InChI is InChI=1S/C32H34FNO3.C7H17NO5/c1-5-6-7-23-8-10-24(11-9-23)12-13-25-14-16-26(17-15-25)22-34(30(35)21-32(2,3)4)27-18-19-29(33)28(20-27)31(36)37;1-8-2-4(10)6(12)7(13)5(11)3-9/h8-11,14-20H,5-7,21-22H2,1-4H3,(H,36,37);4-13H,2-3H2,1H3/t;4-,5+,6+,7+/m.0/s1. The summed E-state index contributed by atoms with van der Waals surface area (Å²) in [5.41, 5.74) is 3.59. The Hall–Kier alpha value is -4.15. The summed E-state index contributed by atoms with van der Waals surface area (Å²) in [5.74, 6) is 3.99. The smallest absolute Gasteiger partial charge is 0.338 e. The van der Waals surface area contributed by atoms with Crippen LogP contribution in [0.3, 0.4) is 0 Å². The average molecular weight is 695 g/mol. The zero-order valence-electron chi connectivity index (χ0n) is 29.4. The first-order valence-corrected chi connectivity index (χ1v) is 16.6. The molecule has 0 aliphatic carbocycles. The van der Waals surface area contributed by atoms with E-state index < -0.39 is 48.4 Å². The van der Waals surface area contributed by atoms with Gasteiger partial charge in [0.1, 0.15) is 24.1 Å². The minimum atomic E-state index is -1.55. The van der Waals surface area contributed by atoms with Crippen molar-refractivity contribution in [3.8, 4) is 11.8 Å². The summed E-state index contributed by atoms with van der Waals surface area (Å²) >= 11 is 0. The monoisotopic (exact) mass is 694 g/mol. The zero-order valence-corrected chi connectivity index (χ0v) is 29.4. The van der Waals surface area contributed by atoms with Gasteiger partial charge in [-0.2, -0.15) is 0 Å². The van der Waals surface area contributed by atoms with E-state index in [4.69, 9.17) is 20.4 Å². The van der Waals surface area contributed by atoms with Gasteiger partial charge in [0, 0.05) is 29.8 Å². The van der Waals surface area contributed by atoms with E-state index >= 15 is 0 Å². The highest BCUT2D eigenvalue weighted by molar-refractivity contribution is 5.96. The number of hydrogen-bond acceptors (Lipinski definition) is 8. The number of carbonyl (C=O) groups is 2. The van der Waals surface area contributed by atoms with E-state index in [0.29, 0.717) is 5.69 Å². The average Bonchev–Trinajstić information content (AvgIpc) is 3.08. The molecule has 0 radical (unpaired) electrons. The fourth-order valence-electron chi connectivity index (χ4n) is 4.77. The summed E-state index contributed by atoms with van der Waals surface area (Å²) in [5, 5.41) is 56.8. The Morgan fingerprint density at radius 2 is 1.40 bits per heavy atom. The number of unbranched alkanes of at least 4 members (excludes halogenated alkanes) is 1. The van der Waals surface area contributed by atoms with Gasteiger partial charge in [-0.15, -0.1) is 0 Å². The van der Waals surface area contributed by atoms with E-state index in [2.05, 4.69) is 36.2 Å². The lowest BCUT2D eigenvalue weighted by Crippen LogP contribution is -2.48. The molecule has 0 fully saturated rings. The fraction of sp³-hybridized carbons (Fsp3) is 0.436. The maximum Gasteiger partial charge on any atom is 0.338 e. The molecule has 0 heterocycles. The van der Waals surface area contributed by atoms with E-state index in [-0.39, 0.29) is 30.8 Å². The van der Waals surface area contributed by atoms with Crippen molar-refractivity contribution in [3.05, 3.63) is 100 Å². The van der Waals surface area contributed by atoms with Crippen LogP contribution < -0.4 is 10.2 Å². The molecular formula is C39H51FN2O8. The van der Waals surface area contributed by atoms with E-state index in [1.54, 1.807) is 7.05 Å². The SMILES string of the molecule is CCCCc1ccc(C#Cc2ccc(CN(C(=O)CC(C)(C)C)c3ccc(F)c(C(=O)O)c3)cc2)cc1.CNC[C@H](O)[C@@H](O)[C@H](O)[C@H](O)CO. The second kappa shape index (κ2) is 20.5. The predicted octanol–water partition coefficient (Wildman–Crippen LogP) is 3.88. The van der Waals surface area contributed by atoms with Gasteiger partial charge in [-0.3, -0.25) is 4.79 Å². The van der Waals surface area contributed by atoms with Gasteiger partial charge in [0.2, 0.25) is 5.91 Å². The van der Waals surface area contributed by atoms with Gasteiger partial charge in [-0.25, -0.2) is 9.18 Å². The largest absolute Gasteiger partial charge is 0.478 e. The summed E-state index contributed by atoms with van der Waals surface area (Å²) in [6.07, 6.45) is -1.96. The lowest BCUT2D eigenvalue weighted by molar-refractivity contribution is -0.120. The minimum Gasteiger partial charge on any atom is -0.478 e. The molecule has 4 atom stereocenters. The number of carboxylic acids is 1. The van der Waals surface area contributed by atoms with E-state index in [9.17, 15) is 24.2 Å². The quantitative estimate of drug-likeness (QED) is 0.124. The van der Waals surface area contributed by atoms with Crippen LogP contribution in [0.25, 0.3) is 0 Å². The van der Waals surface area contributed by atoms with Crippen molar-refractivity contribution in [1.82, 2.24) is 5.32 Å². The van der Waals surface area contributed by atoms with Crippen molar-refractivity contribution < 1.29 is 44.6 Å². The van der Waals surface area contributed by atoms with Crippen LogP contribution in [0.1, 0.15) is 79.6 Å². The number of aliphatic hydroxyl groups is 5. The molecule has 50 heavy (non-hydrogen) atoms. The predicted molar refractivity (Wildman–Crippen MR) is 191 cm³/mol. The van der Waals surface area contributed by atoms with Crippen molar-refractivity contribution in [3.63, 3.8) is 0 Å². The summed E-state index contributed by atoms with van der Waals surface area (Å²) in [6.45, 7) is 7.73. The van der Waals surface area contributed by atoms with Crippen molar-refractivity contribution in [2.45, 2.75) is 84.3 Å². The van der Waals surface area contributed by atoms with Gasteiger partial charge in [0.05, 0.1) is 24.8 Å². The van der Waals surface area contributed by atoms with Crippen molar-refractivity contribution in [1.29, 1.82) is 0 Å². The topological polar surface area (TPSA) is 171 Å². The van der Waals surface area contributed by atoms with Crippen LogP contribution in [0.4, 0.5) is 10.1 Å². The first kappa shape index (κ1) is 42.0. The Morgan fingerprint density at radius 1 is 0.860 bits per heavy atom. The molecule has 7 N–H and O–H groups in total. The fourth-order valence-corrected chi connectivity index (χ4v) is 4.77. The highest BCUT2D eigenvalue weighted by Crippen LogP contribution is 2.26. The third-order valence-corrected chi connectivity index (χ3v) is 7.63. The lowest BCUT2D eigenvalue weighted by atomic mass is 9.91. The molecule has 3 rings (SSSR count).